The summed E-state index contributed by atoms with van der Waals surface area (Å²) in [5, 5.41) is 25.1. The van der Waals surface area contributed by atoms with Gasteiger partial charge in [-0.15, -0.1) is 0 Å². The number of aromatic nitrogens is 2. The minimum atomic E-state index is -0.409. The smallest absolute Gasteiger partial charge is 0.148 e. The second-order valence-electron chi connectivity index (χ2n) is 3.37. The summed E-state index contributed by atoms with van der Waals surface area (Å²) in [5.74, 6) is 0.656. The minimum Gasteiger partial charge on any atom is -0.394 e. The molecule has 0 aromatic carbocycles. The van der Waals surface area contributed by atoms with Gasteiger partial charge in [0, 0.05) is 6.54 Å². The standard InChI is InChI=1S/C9H18N4O2/c1-3-13-9(8(10)6(2)12-13)11-7(4-14)5-15/h7,11,14-15H,3-5,10H2,1-2H3. The third-order valence-corrected chi connectivity index (χ3v) is 2.25. The number of aryl methyl sites for hydroxylation is 2. The molecule has 1 rings (SSSR count). The first-order chi connectivity index (χ1) is 7.13. The van der Waals surface area contributed by atoms with E-state index < -0.39 is 6.04 Å². The van der Waals surface area contributed by atoms with Crippen molar-refractivity contribution in [2.24, 2.45) is 0 Å². The van der Waals surface area contributed by atoms with E-state index in [2.05, 4.69) is 10.4 Å². The molecule has 1 heterocycles. The van der Waals surface area contributed by atoms with Crippen LogP contribution in [0, 0.1) is 6.92 Å². The summed E-state index contributed by atoms with van der Waals surface area (Å²) in [4.78, 5) is 0. The van der Waals surface area contributed by atoms with Gasteiger partial charge in [0.1, 0.15) is 5.82 Å². The molecule has 0 fully saturated rings. The van der Waals surface area contributed by atoms with Crippen molar-refractivity contribution in [3.05, 3.63) is 5.69 Å². The van der Waals surface area contributed by atoms with Crippen molar-refractivity contribution < 1.29 is 10.2 Å². The van der Waals surface area contributed by atoms with E-state index in [1.165, 1.54) is 0 Å². The lowest BCUT2D eigenvalue weighted by Gasteiger charge is -2.16. The predicted octanol–water partition coefficient (Wildman–Crippen LogP) is -0.441. The Hall–Kier alpha value is -1.27. The Bertz CT molecular complexity index is 320. The van der Waals surface area contributed by atoms with Gasteiger partial charge in [-0.2, -0.15) is 5.10 Å². The van der Waals surface area contributed by atoms with Crippen LogP contribution < -0.4 is 11.1 Å². The summed E-state index contributed by atoms with van der Waals surface area (Å²) in [6, 6.07) is -0.409. The molecule has 6 heteroatoms. The molecule has 86 valence electrons. The number of rotatable bonds is 5. The molecule has 0 saturated heterocycles. The lowest BCUT2D eigenvalue weighted by molar-refractivity contribution is 0.203. The largest absolute Gasteiger partial charge is 0.394 e. The molecule has 15 heavy (non-hydrogen) atoms. The first-order valence-corrected chi connectivity index (χ1v) is 4.95. The second-order valence-corrected chi connectivity index (χ2v) is 3.37. The van der Waals surface area contributed by atoms with Crippen molar-refractivity contribution in [2.75, 3.05) is 24.3 Å². The average molecular weight is 214 g/mol. The third-order valence-electron chi connectivity index (χ3n) is 2.25. The fourth-order valence-corrected chi connectivity index (χ4v) is 1.32. The minimum absolute atomic E-state index is 0.149. The van der Waals surface area contributed by atoms with Crippen LogP contribution >= 0.6 is 0 Å². The van der Waals surface area contributed by atoms with Gasteiger partial charge < -0.3 is 21.3 Å². The Morgan fingerprint density at radius 2 is 2.07 bits per heavy atom. The van der Waals surface area contributed by atoms with Crippen LogP contribution in [0.1, 0.15) is 12.6 Å². The highest BCUT2D eigenvalue weighted by molar-refractivity contribution is 5.65. The highest BCUT2D eigenvalue weighted by atomic mass is 16.3. The maximum atomic E-state index is 8.96. The molecule has 0 aliphatic rings. The maximum Gasteiger partial charge on any atom is 0.148 e. The Morgan fingerprint density at radius 1 is 1.47 bits per heavy atom. The third kappa shape index (κ3) is 2.40. The molecule has 6 nitrogen and oxygen atoms in total. The molecular formula is C9H18N4O2. The quantitative estimate of drug-likeness (QED) is 0.533. The molecule has 0 radical (unpaired) electrons. The van der Waals surface area contributed by atoms with Gasteiger partial charge >= 0.3 is 0 Å². The van der Waals surface area contributed by atoms with Gasteiger partial charge in [0.15, 0.2) is 0 Å². The molecule has 1 aromatic rings. The molecule has 0 spiro atoms. The van der Waals surface area contributed by atoms with Crippen molar-refractivity contribution in [3.8, 4) is 0 Å². The fraction of sp³-hybridized carbons (Fsp3) is 0.667. The number of hydrogen-bond acceptors (Lipinski definition) is 5. The highest BCUT2D eigenvalue weighted by Gasteiger charge is 2.14. The predicted molar refractivity (Wildman–Crippen MR) is 58.6 cm³/mol. The lowest BCUT2D eigenvalue weighted by Crippen LogP contribution is -2.29. The van der Waals surface area contributed by atoms with Crippen LogP contribution in [0.15, 0.2) is 0 Å². The second kappa shape index (κ2) is 4.99. The number of nitrogens with one attached hydrogen (secondary N) is 1. The first kappa shape index (κ1) is 11.8. The summed E-state index contributed by atoms with van der Waals surface area (Å²) in [6.45, 7) is 4.15. The summed E-state index contributed by atoms with van der Waals surface area (Å²) >= 11 is 0. The Labute approximate surface area is 88.7 Å². The number of anilines is 2. The van der Waals surface area contributed by atoms with Crippen LogP contribution in [-0.4, -0.2) is 39.2 Å². The molecule has 0 amide bonds. The number of aliphatic hydroxyl groups excluding tert-OH is 2. The van der Waals surface area contributed by atoms with Gasteiger partial charge in [0.25, 0.3) is 0 Å². The highest BCUT2D eigenvalue weighted by Crippen LogP contribution is 2.22. The molecule has 1 aromatic heterocycles. The van der Waals surface area contributed by atoms with Crippen LogP contribution in [0.2, 0.25) is 0 Å². The monoisotopic (exact) mass is 214 g/mol. The molecule has 0 bridgehead atoms. The van der Waals surface area contributed by atoms with E-state index in [1.54, 1.807) is 4.68 Å². The van der Waals surface area contributed by atoms with E-state index in [1.807, 2.05) is 13.8 Å². The van der Waals surface area contributed by atoms with Gasteiger partial charge in [-0.25, -0.2) is 4.68 Å². The molecule has 5 N–H and O–H groups in total. The van der Waals surface area contributed by atoms with Gasteiger partial charge in [-0.1, -0.05) is 0 Å². The zero-order valence-electron chi connectivity index (χ0n) is 9.06. The fourth-order valence-electron chi connectivity index (χ4n) is 1.32. The first-order valence-electron chi connectivity index (χ1n) is 4.95. The maximum absolute atomic E-state index is 8.96. The molecule has 0 aliphatic heterocycles. The summed E-state index contributed by atoms with van der Waals surface area (Å²) < 4.78 is 1.71. The molecule has 0 saturated carbocycles. The van der Waals surface area contributed by atoms with Crippen LogP contribution in [-0.2, 0) is 6.54 Å². The van der Waals surface area contributed by atoms with Crippen LogP contribution in [0.5, 0.6) is 0 Å². The van der Waals surface area contributed by atoms with Gasteiger partial charge in [0.05, 0.1) is 30.6 Å². The van der Waals surface area contributed by atoms with Crippen LogP contribution in [0.3, 0.4) is 0 Å². The number of nitrogens with two attached hydrogens (primary N) is 1. The van der Waals surface area contributed by atoms with Crippen molar-refractivity contribution in [3.63, 3.8) is 0 Å². The SMILES string of the molecule is CCn1nc(C)c(N)c1NC(CO)CO. The zero-order valence-corrected chi connectivity index (χ0v) is 9.06. The van der Waals surface area contributed by atoms with E-state index >= 15 is 0 Å². The molecular weight excluding hydrogens is 196 g/mol. The van der Waals surface area contributed by atoms with Crippen molar-refractivity contribution in [1.29, 1.82) is 0 Å². The van der Waals surface area contributed by atoms with E-state index in [4.69, 9.17) is 15.9 Å². The molecule has 0 unspecified atom stereocenters. The van der Waals surface area contributed by atoms with E-state index in [0.717, 1.165) is 5.69 Å². The van der Waals surface area contributed by atoms with Crippen LogP contribution in [0.4, 0.5) is 11.5 Å². The topological polar surface area (TPSA) is 96.3 Å². The van der Waals surface area contributed by atoms with E-state index in [-0.39, 0.29) is 13.2 Å². The van der Waals surface area contributed by atoms with Crippen LogP contribution in [0.25, 0.3) is 0 Å². The number of nitrogens with zero attached hydrogens (tertiary/aromatic N) is 2. The number of aliphatic hydroxyl groups is 2. The summed E-state index contributed by atoms with van der Waals surface area (Å²) in [5.41, 5.74) is 7.13. The molecule has 0 atom stereocenters. The summed E-state index contributed by atoms with van der Waals surface area (Å²) in [6.07, 6.45) is 0. The Morgan fingerprint density at radius 3 is 2.53 bits per heavy atom. The Balaban J connectivity index is 2.91. The number of nitrogen functional groups attached to an aromatic ring is 1. The van der Waals surface area contributed by atoms with E-state index in [9.17, 15) is 0 Å². The van der Waals surface area contributed by atoms with Gasteiger partial charge in [-0.05, 0) is 13.8 Å². The summed E-state index contributed by atoms with van der Waals surface area (Å²) in [7, 11) is 0. The number of hydrogen-bond donors (Lipinski definition) is 4. The van der Waals surface area contributed by atoms with Crippen molar-refractivity contribution in [1.82, 2.24) is 9.78 Å². The molecule has 0 aliphatic carbocycles. The Kier molecular flexibility index (Phi) is 3.93. The zero-order chi connectivity index (χ0) is 11.4. The lowest BCUT2D eigenvalue weighted by atomic mass is 10.3. The van der Waals surface area contributed by atoms with Gasteiger partial charge in [0.2, 0.25) is 0 Å². The normalized spacial score (nSPS) is 11.0. The average Bonchev–Trinajstić information content (AvgIpc) is 2.52. The van der Waals surface area contributed by atoms with Crippen molar-refractivity contribution in [2.45, 2.75) is 26.4 Å². The van der Waals surface area contributed by atoms with Crippen molar-refractivity contribution >= 4 is 11.5 Å². The van der Waals surface area contributed by atoms with E-state index in [0.29, 0.717) is 18.1 Å². The van der Waals surface area contributed by atoms with Gasteiger partial charge in [-0.3, -0.25) is 0 Å².